The predicted octanol–water partition coefficient (Wildman–Crippen LogP) is 5.34. The summed E-state index contributed by atoms with van der Waals surface area (Å²) in [6.07, 6.45) is 6.33. The van der Waals surface area contributed by atoms with Crippen molar-refractivity contribution in [3.8, 4) is 0 Å². The molecule has 0 aliphatic carbocycles. The summed E-state index contributed by atoms with van der Waals surface area (Å²) < 4.78 is 3.12. The Balaban J connectivity index is 1.61. The molecule has 0 unspecified atom stereocenters. The van der Waals surface area contributed by atoms with Crippen molar-refractivity contribution >= 4 is 44.4 Å². The van der Waals surface area contributed by atoms with Crippen molar-refractivity contribution in [2.75, 3.05) is 17.2 Å². The van der Waals surface area contributed by atoms with Crippen LogP contribution in [0.1, 0.15) is 23.7 Å². The van der Waals surface area contributed by atoms with Crippen LogP contribution in [-0.2, 0) is 6.54 Å². The number of aromatic nitrogens is 3. The maximum absolute atomic E-state index is 13.4. The van der Waals surface area contributed by atoms with Gasteiger partial charge in [-0.2, -0.15) is 0 Å². The fourth-order valence-electron chi connectivity index (χ4n) is 3.13. The van der Waals surface area contributed by atoms with Gasteiger partial charge in [0.1, 0.15) is 0 Å². The number of thiazole rings is 1. The van der Waals surface area contributed by atoms with Gasteiger partial charge >= 0.3 is 0 Å². The highest BCUT2D eigenvalue weighted by Crippen LogP contribution is 2.30. The molecular weight excluding hydrogens is 400 g/mol. The third-order valence-corrected chi connectivity index (χ3v) is 6.44. The van der Waals surface area contributed by atoms with Crippen molar-refractivity contribution in [3.05, 3.63) is 72.8 Å². The number of fused-ring (bicyclic) bond motifs is 1. The van der Waals surface area contributed by atoms with Gasteiger partial charge in [-0.3, -0.25) is 9.69 Å². The van der Waals surface area contributed by atoms with Crippen LogP contribution >= 0.6 is 23.1 Å². The van der Waals surface area contributed by atoms with E-state index in [1.165, 1.54) is 0 Å². The van der Waals surface area contributed by atoms with E-state index in [2.05, 4.69) is 11.9 Å². The third-order valence-electron chi connectivity index (χ3n) is 4.51. The lowest BCUT2D eigenvalue weighted by Gasteiger charge is -2.20. The number of para-hydroxylation sites is 1. The fraction of sp³-hybridized carbons (Fsp3) is 0.227. The van der Waals surface area contributed by atoms with Crippen LogP contribution in [0.4, 0.5) is 5.13 Å². The minimum Gasteiger partial charge on any atom is -0.337 e. The molecule has 0 radical (unpaired) electrons. The summed E-state index contributed by atoms with van der Waals surface area (Å²) in [5.41, 5.74) is 1.63. The first-order valence-electron chi connectivity index (χ1n) is 9.60. The Kier molecular flexibility index (Phi) is 6.27. The highest BCUT2D eigenvalue weighted by atomic mass is 32.2. The molecule has 0 aliphatic heterocycles. The molecule has 0 spiro atoms. The second-order valence-corrected chi connectivity index (χ2v) is 8.88. The molecule has 2 heterocycles. The van der Waals surface area contributed by atoms with Crippen molar-refractivity contribution in [2.45, 2.75) is 24.8 Å². The number of anilines is 1. The van der Waals surface area contributed by atoms with Crippen molar-refractivity contribution in [1.82, 2.24) is 14.5 Å². The molecule has 4 rings (SSSR count). The highest BCUT2D eigenvalue weighted by molar-refractivity contribution is 7.99. The summed E-state index contributed by atoms with van der Waals surface area (Å²) >= 11 is 3.30. The molecule has 1 amide bonds. The number of imidazole rings is 1. The molecule has 148 valence electrons. The Labute approximate surface area is 178 Å². The Hall–Kier alpha value is -2.64. The zero-order valence-electron chi connectivity index (χ0n) is 16.2. The molecule has 0 atom stereocenters. The van der Waals surface area contributed by atoms with Gasteiger partial charge in [-0.15, -0.1) is 11.8 Å². The minimum atomic E-state index is -0.00626. The van der Waals surface area contributed by atoms with Crippen molar-refractivity contribution in [1.29, 1.82) is 0 Å². The summed E-state index contributed by atoms with van der Waals surface area (Å²) in [6, 6.07) is 15.9. The van der Waals surface area contributed by atoms with E-state index in [9.17, 15) is 4.79 Å². The quantitative estimate of drug-likeness (QED) is 0.360. The number of carbonyl (C=O) groups excluding carboxylic acids is 1. The molecule has 2 aromatic carbocycles. The van der Waals surface area contributed by atoms with Gasteiger partial charge in [0.25, 0.3) is 5.91 Å². The minimum absolute atomic E-state index is 0.00626. The van der Waals surface area contributed by atoms with Crippen molar-refractivity contribution < 1.29 is 4.79 Å². The van der Waals surface area contributed by atoms with Crippen LogP contribution in [0.25, 0.3) is 10.2 Å². The molecule has 0 bridgehead atoms. The van der Waals surface area contributed by atoms with E-state index in [0.717, 1.165) is 39.0 Å². The topological polar surface area (TPSA) is 51.0 Å². The Morgan fingerprint density at radius 3 is 2.90 bits per heavy atom. The second kappa shape index (κ2) is 9.24. The number of aryl methyl sites for hydroxylation is 1. The number of thioether (sulfide) groups is 1. The molecule has 5 nitrogen and oxygen atoms in total. The van der Waals surface area contributed by atoms with Gasteiger partial charge in [0, 0.05) is 35.9 Å². The van der Waals surface area contributed by atoms with Crippen LogP contribution in [0.3, 0.4) is 0 Å². The lowest BCUT2D eigenvalue weighted by molar-refractivity contribution is 0.0986. The number of nitrogens with zero attached hydrogens (tertiary/aromatic N) is 4. The summed E-state index contributed by atoms with van der Waals surface area (Å²) in [4.78, 5) is 25.2. The number of amides is 1. The van der Waals surface area contributed by atoms with Gasteiger partial charge in [0.2, 0.25) is 0 Å². The van der Waals surface area contributed by atoms with Crippen LogP contribution < -0.4 is 4.90 Å². The zero-order valence-corrected chi connectivity index (χ0v) is 17.8. The number of hydrogen-bond acceptors (Lipinski definition) is 5. The molecule has 0 fully saturated rings. The van der Waals surface area contributed by atoms with E-state index in [1.807, 2.05) is 64.2 Å². The van der Waals surface area contributed by atoms with E-state index in [4.69, 9.17) is 4.98 Å². The van der Waals surface area contributed by atoms with Gasteiger partial charge < -0.3 is 4.57 Å². The van der Waals surface area contributed by atoms with Crippen LogP contribution in [0.2, 0.25) is 0 Å². The SMILES string of the molecule is CCSc1cccc(C(=O)N(CCCn2ccnc2)c2nc3ccccc3s2)c1. The summed E-state index contributed by atoms with van der Waals surface area (Å²) in [7, 11) is 0. The normalized spacial score (nSPS) is 11.1. The van der Waals surface area contributed by atoms with E-state index < -0.39 is 0 Å². The number of carbonyl (C=O) groups is 1. The summed E-state index contributed by atoms with van der Waals surface area (Å²) in [5, 5.41) is 0.746. The van der Waals surface area contributed by atoms with Gasteiger partial charge in [-0.25, -0.2) is 9.97 Å². The Morgan fingerprint density at radius 2 is 2.10 bits per heavy atom. The van der Waals surface area contributed by atoms with Crippen molar-refractivity contribution in [3.63, 3.8) is 0 Å². The van der Waals surface area contributed by atoms with E-state index in [0.29, 0.717) is 12.1 Å². The van der Waals surface area contributed by atoms with Crippen LogP contribution in [-0.4, -0.2) is 32.7 Å². The predicted molar refractivity (Wildman–Crippen MR) is 121 cm³/mol. The monoisotopic (exact) mass is 422 g/mol. The first-order chi connectivity index (χ1) is 14.2. The molecule has 0 N–H and O–H groups in total. The maximum Gasteiger partial charge on any atom is 0.260 e. The van der Waals surface area contributed by atoms with Gasteiger partial charge in [0.15, 0.2) is 5.13 Å². The molecule has 29 heavy (non-hydrogen) atoms. The van der Waals surface area contributed by atoms with E-state index in [-0.39, 0.29) is 5.91 Å². The summed E-state index contributed by atoms with van der Waals surface area (Å²) in [6.45, 7) is 3.52. The van der Waals surface area contributed by atoms with E-state index in [1.54, 1.807) is 35.6 Å². The molecule has 2 aromatic heterocycles. The largest absolute Gasteiger partial charge is 0.337 e. The van der Waals surface area contributed by atoms with Crippen LogP contribution in [0.15, 0.2) is 72.1 Å². The average Bonchev–Trinajstić information content (AvgIpc) is 3.41. The Bertz CT molecular complexity index is 1060. The lowest BCUT2D eigenvalue weighted by atomic mass is 10.2. The van der Waals surface area contributed by atoms with Gasteiger partial charge in [-0.05, 0) is 42.5 Å². The second-order valence-electron chi connectivity index (χ2n) is 6.54. The number of rotatable bonds is 8. The Morgan fingerprint density at radius 1 is 1.21 bits per heavy atom. The number of hydrogen-bond donors (Lipinski definition) is 0. The van der Waals surface area contributed by atoms with E-state index >= 15 is 0 Å². The van der Waals surface area contributed by atoms with Crippen LogP contribution in [0.5, 0.6) is 0 Å². The first-order valence-corrected chi connectivity index (χ1v) is 11.4. The fourth-order valence-corrected chi connectivity index (χ4v) is 4.84. The highest BCUT2D eigenvalue weighted by Gasteiger charge is 2.21. The average molecular weight is 423 g/mol. The van der Waals surface area contributed by atoms with Crippen molar-refractivity contribution in [2.24, 2.45) is 0 Å². The maximum atomic E-state index is 13.4. The molecule has 4 aromatic rings. The molecular formula is C22H22N4OS2. The molecule has 0 saturated heterocycles. The number of benzene rings is 2. The molecule has 0 aliphatic rings. The lowest BCUT2D eigenvalue weighted by Crippen LogP contribution is -2.32. The first kappa shape index (κ1) is 19.7. The van der Waals surface area contributed by atoms with Crippen LogP contribution in [0, 0.1) is 0 Å². The van der Waals surface area contributed by atoms with Gasteiger partial charge in [-0.1, -0.05) is 36.5 Å². The van der Waals surface area contributed by atoms with Gasteiger partial charge in [0.05, 0.1) is 16.5 Å². The molecule has 7 heteroatoms. The summed E-state index contributed by atoms with van der Waals surface area (Å²) in [5.74, 6) is 0.970. The third kappa shape index (κ3) is 4.68. The standard InChI is InChI=1S/C22H22N4OS2/c1-2-28-18-8-5-7-17(15-18)21(27)26(13-6-12-25-14-11-23-16-25)22-24-19-9-3-4-10-20(19)29-22/h3-5,7-11,14-16H,2,6,12-13H2,1H3. The zero-order chi connectivity index (χ0) is 20.1. The smallest absolute Gasteiger partial charge is 0.260 e. The molecule has 0 saturated carbocycles.